The van der Waals surface area contributed by atoms with Gasteiger partial charge in [0.15, 0.2) is 0 Å². The molecular weight excluding hydrogens is 447 g/mol. The van der Waals surface area contributed by atoms with Crippen LogP contribution in [0.25, 0.3) is 0 Å². The van der Waals surface area contributed by atoms with E-state index in [2.05, 4.69) is 16.8 Å². The highest BCUT2D eigenvalue weighted by Crippen LogP contribution is 2.27. The molecule has 188 valence electrons. The van der Waals surface area contributed by atoms with Crippen LogP contribution in [0.15, 0.2) is 36.5 Å². The van der Waals surface area contributed by atoms with Gasteiger partial charge in [-0.2, -0.15) is 0 Å². The Morgan fingerprint density at radius 1 is 1.31 bits per heavy atom. The second-order valence-electron chi connectivity index (χ2n) is 9.53. The summed E-state index contributed by atoms with van der Waals surface area (Å²) in [5, 5.41) is 9.81. The second-order valence-corrected chi connectivity index (χ2v) is 9.53. The molecule has 2 heterocycles. The van der Waals surface area contributed by atoms with Crippen molar-refractivity contribution >= 4 is 5.91 Å². The summed E-state index contributed by atoms with van der Waals surface area (Å²) in [6.45, 7) is 5.62. The zero-order valence-corrected chi connectivity index (χ0v) is 21.2. The predicted octanol–water partition coefficient (Wildman–Crippen LogP) is 2.49. The Morgan fingerprint density at radius 2 is 2.06 bits per heavy atom. The molecule has 8 heteroatoms. The van der Waals surface area contributed by atoms with Gasteiger partial charge in [-0.15, -0.1) is 0 Å². The summed E-state index contributed by atoms with van der Waals surface area (Å²) >= 11 is 0. The molecular formula is C27H35FN4O3. The second kappa shape index (κ2) is 12.1. The average Bonchev–Trinajstić information content (AvgIpc) is 2.82. The lowest BCUT2D eigenvalue weighted by Crippen LogP contribution is -2.49. The third-order valence-electron chi connectivity index (χ3n) is 6.04. The van der Waals surface area contributed by atoms with Crippen molar-refractivity contribution in [3.63, 3.8) is 0 Å². The zero-order chi connectivity index (χ0) is 25.5. The van der Waals surface area contributed by atoms with E-state index in [0.717, 1.165) is 0 Å². The Hall–Kier alpha value is -2.99. The van der Waals surface area contributed by atoms with Crippen LogP contribution >= 0.6 is 0 Å². The molecule has 1 aliphatic heterocycles. The number of pyridine rings is 1. The summed E-state index contributed by atoms with van der Waals surface area (Å²) in [6, 6.07) is 8.07. The molecule has 0 saturated carbocycles. The third kappa shape index (κ3) is 7.01. The Morgan fingerprint density at radius 3 is 2.74 bits per heavy atom. The van der Waals surface area contributed by atoms with Crippen LogP contribution in [0.5, 0.6) is 5.88 Å². The molecule has 0 radical (unpaired) electrons. The monoisotopic (exact) mass is 482 g/mol. The van der Waals surface area contributed by atoms with E-state index in [9.17, 15) is 14.3 Å². The minimum atomic E-state index is -0.365. The molecule has 3 atom stereocenters. The molecule has 1 N–H and O–H groups in total. The van der Waals surface area contributed by atoms with Crippen LogP contribution in [-0.2, 0) is 6.54 Å². The number of nitrogens with zero attached hydrogens (tertiary/aromatic N) is 4. The number of fused-ring (bicyclic) bond motifs is 1. The third-order valence-corrected chi connectivity index (χ3v) is 6.04. The van der Waals surface area contributed by atoms with Gasteiger partial charge in [0.25, 0.3) is 5.91 Å². The van der Waals surface area contributed by atoms with E-state index in [-0.39, 0.29) is 42.3 Å². The molecule has 0 fully saturated rings. The summed E-state index contributed by atoms with van der Waals surface area (Å²) in [6.07, 6.45) is 1.31. The molecule has 0 spiro atoms. The van der Waals surface area contributed by atoms with Crippen molar-refractivity contribution in [2.75, 3.05) is 47.4 Å². The van der Waals surface area contributed by atoms with Crippen molar-refractivity contribution < 1.29 is 19.0 Å². The Labute approximate surface area is 207 Å². The number of aromatic nitrogens is 1. The number of rotatable bonds is 7. The van der Waals surface area contributed by atoms with Crippen molar-refractivity contribution in [2.45, 2.75) is 32.5 Å². The maximum absolute atomic E-state index is 14.2. The van der Waals surface area contributed by atoms with Crippen LogP contribution in [0.4, 0.5) is 4.39 Å². The van der Waals surface area contributed by atoms with Gasteiger partial charge in [0.1, 0.15) is 17.5 Å². The molecule has 35 heavy (non-hydrogen) atoms. The first kappa shape index (κ1) is 26.6. The summed E-state index contributed by atoms with van der Waals surface area (Å²) in [4.78, 5) is 23.5. The standard InChI is InChI=1S/C27H35FN4O3/c1-19-15-32(20(2)18-33)27(34)23-13-21(9-8-12-30(3)4)14-29-26(23)35-25(19)17-31(5)16-22-10-6-7-11-24(22)28/h6-7,10-11,13-14,19-20,25,33H,12,15-18H2,1-5H3/t19-,20-,25-/m1/s1. The number of hydrogen-bond donors (Lipinski definition) is 1. The van der Waals surface area contributed by atoms with Gasteiger partial charge in [-0.1, -0.05) is 37.0 Å². The lowest BCUT2D eigenvalue weighted by atomic mass is 9.99. The summed E-state index contributed by atoms with van der Waals surface area (Å²) in [7, 11) is 5.78. The van der Waals surface area contributed by atoms with E-state index in [1.165, 1.54) is 6.07 Å². The molecule has 1 aliphatic rings. The summed E-state index contributed by atoms with van der Waals surface area (Å²) in [5.41, 5.74) is 1.57. The molecule has 0 bridgehead atoms. The molecule has 0 aliphatic carbocycles. The largest absolute Gasteiger partial charge is 0.472 e. The van der Waals surface area contributed by atoms with Crippen molar-refractivity contribution in [1.29, 1.82) is 0 Å². The molecule has 0 saturated heterocycles. The van der Waals surface area contributed by atoms with E-state index in [0.29, 0.717) is 42.9 Å². The highest BCUT2D eigenvalue weighted by Gasteiger charge is 2.34. The van der Waals surface area contributed by atoms with E-state index in [4.69, 9.17) is 4.74 Å². The van der Waals surface area contributed by atoms with Crippen LogP contribution in [0, 0.1) is 23.6 Å². The first-order valence-electron chi connectivity index (χ1n) is 11.8. The lowest BCUT2D eigenvalue weighted by molar-refractivity contribution is 0.0324. The van der Waals surface area contributed by atoms with Gasteiger partial charge < -0.3 is 14.7 Å². The highest BCUT2D eigenvalue weighted by atomic mass is 19.1. The number of carbonyl (C=O) groups excluding carboxylic acids is 1. The van der Waals surface area contributed by atoms with Crippen LogP contribution in [0.2, 0.25) is 0 Å². The summed E-state index contributed by atoms with van der Waals surface area (Å²) < 4.78 is 20.5. The topological polar surface area (TPSA) is 69.1 Å². The fourth-order valence-electron chi connectivity index (χ4n) is 3.98. The van der Waals surface area contributed by atoms with Crippen molar-refractivity contribution in [1.82, 2.24) is 19.7 Å². The van der Waals surface area contributed by atoms with Crippen LogP contribution in [0.1, 0.15) is 35.3 Å². The minimum Gasteiger partial charge on any atom is -0.472 e. The number of carbonyl (C=O) groups is 1. The van der Waals surface area contributed by atoms with Crippen molar-refractivity contribution in [3.8, 4) is 17.7 Å². The van der Waals surface area contributed by atoms with Gasteiger partial charge in [0.2, 0.25) is 5.88 Å². The minimum absolute atomic E-state index is 0.0504. The average molecular weight is 483 g/mol. The molecule has 3 rings (SSSR count). The number of benzene rings is 1. The maximum Gasteiger partial charge on any atom is 0.259 e. The summed E-state index contributed by atoms with van der Waals surface area (Å²) in [5.74, 6) is 5.83. The van der Waals surface area contributed by atoms with E-state index < -0.39 is 0 Å². The molecule has 1 aromatic heterocycles. The maximum atomic E-state index is 14.2. The van der Waals surface area contributed by atoms with Crippen LogP contribution in [0.3, 0.4) is 0 Å². The Bertz CT molecular complexity index is 1080. The fraction of sp³-hybridized carbons (Fsp3) is 0.481. The van der Waals surface area contributed by atoms with Crippen molar-refractivity contribution in [2.24, 2.45) is 5.92 Å². The van der Waals surface area contributed by atoms with Gasteiger partial charge in [-0.25, -0.2) is 9.37 Å². The molecule has 2 aromatic rings. The van der Waals surface area contributed by atoms with Gasteiger partial charge in [-0.05, 0) is 40.2 Å². The first-order valence-corrected chi connectivity index (χ1v) is 11.8. The smallest absolute Gasteiger partial charge is 0.259 e. The SMILES string of the molecule is C[C@@H]1CN([C@H](C)CO)C(=O)c2cc(C#CCN(C)C)cnc2O[C@@H]1CN(C)Cc1ccccc1F. The van der Waals surface area contributed by atoms with Gasteiger partial charge >= 0.3 is 0 Å². The quantitative estimate of drug-likeness (QED) is 0.612. The Balaban J connectivity index is 1.90. The molecule has 0 unspecified atom stereocenters. The first-order chi connectivity index (χ1) is 16.7. The number of likely N-dealkylation sites (N-methyl/N-ethyl adjacent to an activating group) is 1. The van der Waals surface area contributed by atoms with Gasteiger partial charge in [-0.3, -0.25) is 14.6 Å². The van der Waals surface area contributed by atoms with Crippen molar-refractivity contribution in [3.05, 3.63) is 59.0 Å². The molecule has 1 aromatic carbocycles. The number of ether oxygens (including phenoxy) is 1. The van der Waals surface area contributed by atoms with E-state index in [1.54, 1.807) is 29.3 Å². The Kier molecular flexibility index (Phi) is 9.21. The van der Waals surface area contributed by atoms with Crippen LogP contribution < -0.4 is 4.74 Å². The highest BCUT2D eigenvalue weighted by molar-refractivity contribution is 5.97. The molecule has 1 amide bonds. The normalized spacial score (nSPS) is 18.9. The molecule has 7 nitrogen and oxygen atoms in total. The lowest BCUT2D eigenvalue weighted by Gasteiger charge is -2.37. The number of halogens is 1. The number of aliphatic hydroxyl groups is 1. The van der Waals surface area contributed by atoms with E-state index >= 15 is 0 Å². The van der Waals surface area contributed by atoms with Gasteiger partial charge in [0.05, 0.1) is 19.2 Å². The predicted molar refractivity (Wildman–Crippen MR) is 134 cm³/mol. The van der Waals surface area contributed by atoms with Crippen LogP contribution in [-0.4, -0.2) is 90.2 Å². The van der Waals surface area contributed by atoms with E-state index in [1.807, 2.05) is 50.9 Å². The van der Waals surface area contributed by atoms with Gasteiger partial charge in [0, 0.05) is 42.9 Å². The number of hydrogen-bond acceptors (Lipinski definition) is 6. The number of aliphatic hydroxyl groups excluding tert-OH is 1. The number of amides is 1. The fourth-order valence-corrected chi connectivity index (χ4v) is 3.98. The zero-order valence-electron chi connectivity index (χ0n) is 21.2.